The molecule has 0 unspecified atom stereocenters. The molecule has 1 aromatic heterocycles. The van der Waals surface area contributed by atoms with Gasteiger partial charge in [0.15, 0.2) is 11.5 Å². The third-order valence-electron chi connectivity index (χ3n) is 6.15. The summed E-state index contributed by atoms with van der Waals surface area (Å²) in [7, 11) is 0. The standard InChI is InChI=1S/C24H24ClN3O4/c25-18-8-4-5-9-19(18)27-24(30)28(17-6-2-1-3-7-17)13-16-10-15-11-21-22(32-14-31-21)12-20(15)26-23(16)29/h4-5,8-12,17H,1-3,6-7,13-14H2,(H,26,29)(H,27,30). The summed E-state index contributed by atoms with van der Waals surface area (Å²) < 4.78 is 10.9. The van der Waals surface area contributed by atoms with Gasteiger partial charge in [-0.2, -0.15) is 0 Å². The second-order valence-electron chi connectivity index (χ2n) is 8.25. The quantitative estimate of drug-likeness (QED) is 0.563. The zero-order valence-corrected chi connectivity index (χ0v) is 18.3. The Morgan fingerprint density at radius 3 is 2.62 bits per heavy atom. The van der Waals surface area contributed by atoms with Crippen molar-refractivity contribution in [3.8, 4) is 11.5 Å². The van der Waals surface area contributed by atoms with Gasteiger partial charge in [0.1, 0.15) is 0 Å². The number of anilines is 1. The summed E-state index contributed by atoms with van der Waals surface area (Å²) in [4.78, 5) is 30.9. The third-order valence-corrected chi connectivity index (χ3v) is 6.48. The fourth-order valence-electron chi connectivity index (χ4n) is 4.45. The Bertz CT molecular complexity index is 1220. The number of nitrogens with one attached hydrogen (secondary N) is 2. The van der Waals surface area contributed by atoms with E-state index in [9.17, 15) is 9.59 Å². The first-order valence-corrected chi connectivity index (χ1v) is 11.2. The molecule has 1 saturated carbocycles. The third kappa shape index (κ3) is 4.12. The van der Waals surface area contributed by atoms with Crippen LogP contribution < -0.4 is 20.3 Å². The molecular formula is C24H24ClN3O4. The van der Waals surface area contributed by atoms with Crippen molar-refractivity contribution in [1.82, 2.24) is 9.88 Å². The molecule has 3 aromatic rings. The van der Waals surface area contributed by atoms with Gasteiger partial charge in [-0.05, 0) is 37.1 Å². The van der Waals surface area contributed by atoms with Crippen LogP contribution in [0.1, 0.15) is 37.7 Å². The van der Waals surface area contributed by atoms with Crippen molar-refractivity contribution in [2.24, 2.45) is 0 Å². The number of aromatic nitrogens is 1. The second kappa shape index (κ2) is 8.74. The molecule has 0 saturated heterocycles. The van der Waals surface area contributed by atoms with Gasteiger partial charge in [-0.25, -0.2) is 4.79 Å². The molecular weight excluding hydrogens is 430 g/mol. The van der Waals surface area contributed by atoms with E-state index in [4.69, 9.17) is 21.1 Å². The average molecular weight is 454 g/mol. The molecule has 2 heterocycles. The Morgan fingerprint density at radius 1 is 1.09 bits per heavy atom. The number of ether oxygens (including phenoxy) is 2. The van der Waals surface area contributed by atoms with Crippen LogP contribution in [0.5, 0.6) is 11.5 Å². The average Bonchev–Trinajstić information content (AvgIpc) is 3.25. The second-order valence-corrected chi connectivity index (χ2v) is 8.65. The largest absolute Gasteiger partial charge is 0.454 e. The number of urea groups is 1. The Kier molecular flexibility index (Phi) is 5.66. The molecule has 2 amide bonds. The lowest BCUT2D eigenvalue weighted by molar-refractivity contribution is 0.162. The summed E-state index contributed by atoms with van der Waals surface area (Å²) in [6.07, 6.45) is 5.14. The van der Waals surface area contributed by atoms with Crippen LogP contribution in [0.4, 0.5) is 10.5 Å². The highest BCUT2D eigenvalue weighted by Crippen LogP contribution is 2.35. The molecule has 1 aliphatic carbocycles. The van der Waals surface area contributed by atoms with Crippen molar-refractivity contribution in [3.05, 3.63) is 63.4 Å². The van der Waals surface area contributed by atoms with Gasteiger partial charge in [-0.15, -0.1) is 0 Å². The monoisotopic (exact) mass is 453 g/mol. The van der Waals surface area contributed by atoms with E-state index in [0.717, 1.165) is 31.1 Å². The summed E-state index contributed by atoms with van der Waals surface area (Å²) in [5, 5.41) is 4.23. The number of pyridine rings is 1. The maximum Gasteiger partial charge on any atom is 0.322 e. The van der Waals surface area contributed by atoms with Gasteiger partial charge in [0.25, 0.3) is 5.56 Å². The summed E-state index contributed by atoms with van der Waals surface area (Å²) in [6.45, 7) is 0.376. The molecule has 1 aliphatic heterocycles. The van der Waals surface area contributed by atoms with E-state index in [2.05, 4.69) is 10.3 Å². The molecule has 8 heteroatoms. The molecule has 0 atom stereocenters. The van der Waals surface area contributed by atoms with Gasteiger partial charge in [0, 0.05) is 23.1 Å². The Morgan fingerprint density at radius 2 is 1.84 bits per heavy atom. The van der Waals surface area contributed by atoms with E-state index < -0.39 is 0 Å². The van der Waals surface area contributed by atoms with Gasteiger partial charge >= 0.3 is 6.03 Å². The van der Waals surface area contributed by atoms with Gasteiger partial charge in [0.05, 0.1) is 22.8 Å². The van der Waals surface area contributed by atoms with Crippen LogP contribution in [0.25, 0.3) is 10.9 Å². The lowest BCUT2D eigenvalue weighted by Gasteiger charge is -2.34. The number of benzene rings is 2. The molecule has 2 aliphatic rings. The predicted octanol–water partition coefficient (Wildman–Crippen LogP) is 5.28. The molecule has 0 bridgehead atoms. The number of amides is 2. The minimum Gasteiger partial charge on any atom is -0.454 e. The minimum atomic E-state index is -0.254. The number of nitrogens with zero attached hydrogens (tertiary/aromatic N) is 1. The highest BCUT2D eigenvalue weighted by Gasteiger charge is 2.27. The first-order valence-electron chi connectivity index (χ1n) is 10.9. The number of hydrogen-bond donors (Lipinski definition) is 2. The summed E-state index contributed by atoms with van der Waals surface area (Å²) in [5.74, 6) is 1.26. The Hall–Kier alpha value is -3.19. The van der Waals surface area contributed by atoms with Crippen LogP contribution in [0.15, 0.2) is 47.3 Å². The first-order chi connectivity index (χ1) is 15.6. The number of hydrogen-bond acceptors (Lipinski definition) is 4. The maximum atomic E-state index is 13.3. The SMILES string of the molecule is O=C(Nc1ccccc1Cl)N(Cc1cc2cc3c(cc2[nH]c1=O)OCO3)C1CCCCC1. The number of rotatable bonds is 4. The smallest absolute Gasteiger partial charge is 0.322 e. The lowest BCUT2D eigenvalue weighted by Crippen LogP contribution is -2.44. The predicted molar refractivity (Wildman–Crippen MR) is 124 cm³/mol. The lowest BCUT2D eigenvalue weighted by atomic mass is 9.94. The molecule has 2 aromatic carbocycles. The number of carbonyl (C=O) groups is 1. The van der Waals surface area contributed by atoms with Crippen LogP contribution in [0, 0.1) is 0 Å². The van der Waals surface area contributed by atoms with E-state index in [-0.39, 0.29) is 31.0 Å². The number of H-pyrrole nitrogens is 1. The Labute approximate surface area is 190 Å². The van der Waals surface area contributed by atoms with Crippen LogP contribution in [0.2, 0.25) is 5.02 Å². The van der Waals surface area contributed by atoms with Gasteiger partial charge in [-0.1, -0.05) is 43.0 Å². The van der Waals surface area contributed by atoms with E-state index in [1.54, 1.807) is 23.1 Å². The van der Waals surface area contributed by atoms with E-state index in [1.807, 2.05) is 24.3 Å². The molecule has 32 heavy (non-hydrogen) atoms. The van der Waals surface area contributed by atoms with Crippen molar-refractivity contribution < 1.29 is 14.3 Å². The first kappa shape index (κ1) is 20.7. The zero-order valence-electron chi connectivity index (χ0n) is 17.5. The van der Waals surface area contributed by atoms with E-state index >= 15 is 0 Å². The summed E-state index contributed by atoms with van der Waals surface area (Å²) >= 11 is 6.25. The maximum absolute atomic E-state index is 13.3. The molecule has 166 valence electrons. The Balaban J connectivity index is 1.46. The molecule has 5 rings (SSSR count). The molecule has 0 radical (unpaired) electrons. The fraction of sp³-hybridized carbons (Fsp3) is 0.333. The summed E-state index contributed by atoms with van der Waals surface area (Å²) in [5.41, 5.74) is 1.53. The van der Waals surface area contributed by atoms with Crippen LogP contribution in [-0.2, 0) is 6.54 Å². The molecule has 2 N–H and O–H groups in total. The van der Waals surface area contributed by atoms with Crippen molar-refractivity contribution in [2.75, 3.05) is 12.1 Å². The van der Waals surface area contributed by atoms with Gasteiger partial charge < -0.3 is 24.7 Å². The van der Waals surface area contributed by atoms with Crippen molar-refractivity contribution in [2.45, 2.75) is 44.7 Å². The normalized spacial score (nSPS) is 15.7. The highest BCUT2D eigenvalue weighted by atomic mass is 35.5. The number of fused-ring (bicyclic) bond motifs is 2. The van der Waals surface area contributed by atoms with E-state index in [0.29, 0.717) is 33.3 Å². The van der Waals surface area contributed by atoms with Crippen LogP contribution in [0.3, 0.4) is 0 Å². The fourth-order valence-corrected chi connectivity index (χ4v) is 4.63. The molecule has 1 fully saturated rings. The number of carbonyl (C=O) groups excluding carboxylic acids is 1. The number of aromatic amines is 1. The minimum absolute atomic E-state index is 0.0677. The summed E-state index contributed by atoms with van der Waals surface area (Å²) in [6, 6.07) is 12.4. The topological polar surface area (TPSA) is 83.7 Å². The van der Waals surface area contributed by atoms with Crippen LogP contribution >= 0.6 is 11.6 Å². The van der Waals surface area contributed by atoms with Crippen molar-refractivity contribution in [3.63, 3.8) is 0 Å². The number of para-hydroxylation sites is 1. The zero-order chi connectivity index (χ0) is 22.1. The molecule has 7 nitrogen and oxygen atoms in total. The van der Waals surface area contributed by atoms with Crippen molar-refractivity contribution in [1.29, 1.82) is 0 Å². The number of halogens is 1. The highest BCUT2D eigenvalue weighted by molar-refractivity contribution is 6.33. The molecule has 0 spiro atoms. The van der Waals surface area contributed by atoms with Crippen LogP contribution in [-0.4, -0.2) is 28.7 Å². The van der Waals surface area contributed by atoms with Crippen molar-refractivity contribution >= 4 is 34.2 Å². The van der Waals surface area contributed by atoms with E-state index in [1.165, 1.54) is 6.42 Å². The van der Waals surface area contributed by atoms with Gasteiger partial charge in [-0.3, -0.25) is 4.79 Å². The van der Waals surface area contributed by atoms with Gasteiger partial charge in [0.2, 0.25) is 6.79 Å².